The summed E-state index contributed by atoms with van der Waals surface area (Å²) in [6.45, 7) is 2.40. The molecule has 0 bridgehead atoms. The minimum atomic E-state index is -0.160. The number of aromatic nitrogens is 2. The van der Waals surface area contributed by atoms with Crippen LogP contribution in [-0.4, -0.2) is 36.8 Å². The number of nitrogens with zero attached hydrogens (tertiary/aromatic N) is 3. The first-order valence-electron chi connectivity index (χ1n) is 9.12. The van der Waals surface area contributed by atoms with Gasteiger partial charge in [0, 0.05) is 41.2 Å². The molecule has 0 radical (unpaired) electrons. The van der Waals surface area contributed by atoms with Gasteiger partial charge in [0.25, 0.3) is 5.89 Å². The molecule has 0 saturated carbocycles. The Bertz CT molecular complexity index is 1040. The second-order valence-corrected chi connectivity index (χ2v) is 7.31. The smallest absolute Gasteiger partial charge is 0.258 e. The van der Waals surface area contributed by atoms with Crippen LogP contribution in [0.25, 0.3) is 11.5 Å². The molecule has 1 atom stereocenters. The third-order valence-electron chi connectivity index (χ3n) is 5.00. The monoisotopic (exact) mass is 413 g/mol. The van der Waals surface area contributed by atoms with Gasteiger partial charge in [0.05, 0.1) is 14.2 Å². The van der Waals surface area contributed by atoms with Gasteiger partial charge in [-0.15, -0.1) is 0 Å². The van der Waals surface area contributed by atoms with Crippen molar-refractivity contribution >= 4 is 23.2 Å². The van der Waals surface area contributed by atoms with Crippen LogP contribution < -0.4 is 14.4 Å². The molecule has 0 spiro atoms. The summed E-state index contributed by atoms with van der Waals surface area (Å²) in [6.07, 6.45) is 0.311. The lowest BCUT2D eigenvalue weighted by atomic mass is 10.1. The van der Waals surface area contributed by atoms with Crippen molar-refractivity contribution in [3.05, 3.63) is 52.8 Å². The maximum absolute atomic E-state index is 12.6. The minimum Gasteiger partial charge on any atom is -0.497 e. The highest BCUT2D eigenvalue weighted by molar-refractivity contribution is 6.31. The second kappa shape index (κ2) is 7.75. The molecule has 29 heavy (non-hydrogen) atoms. The molecule has 1 aromatic heterocycles. The zero-order valence-corrected chi connectivity index (χ0v) is 17.1. The summed E-state index contributed by atoms with van der Waals surface area (Å²) in [7, 11) is 3.15. The number of rotatable bonds is 5. The molecule has 3 aromatic rings. The van der Waals surface area contributed by atoms with E-state index in [0.717, 1.165) is 11.3 Å². The van der Waals surface area contributed by atoms with Crippen LogP contribution in [0.3, 0.4) is 0 Å². The van der Waals surface area contributed by atoms with Gasteiger partial charge in [-0.2, -0.15) is 4.98 Å². The van der Waals surface area contributed by atoms with E-state index in [1.165, 1.54) is 0 Å². The molecule has 2 heterocycles. The number of amides is 1. The van der Waals surface area contributed by atoms with Gasteiger partial charge in [-0.3, -0.25) is 4.79 Å². The molecule has 150 valence electrons. The number of carbonyl (C=O) groups excluding carboxylic acids is 1. The number of aryl methyl sites for hydroxylation is 1. The molecule has 7 nitrogen and oxygen atoms in total. The predicted octanol–water partition coefficient (Wildman–Crippen LogP) is 4.24. The lowest BCUT2D eigenvalue weighted by Crippen LogP contribution is -2.24. The first-order valence-corrected chi connectivity index (χ1v) is 9.50. The first-order chi connectivity index (χ1) is 14.0. The van der Waals surface area contributed by atoms with Crippen LogP contribution in [0.4, 0.5) is 5.69 Å². The highest BCUT2D eigenvalue weighted by Crippen LogP contribution is 2.34. The summed E-state index contributed by atoms with van der Waals surface area (Å²) in [5, 5.41) is 4.74. The van der Waals surface area contributed by atoms with Gasteiger partial charge in [-0.05, 0) is 36.8 Å². The number of methoxy groups -OCH3 is 2. The van der Waals surface area contributed by atoms with Gasteiger partial charge < -0.3 is 18.9 Å². The van der Waals surface area contributed by atoms with Crippen LogP contribution in [-0.2, 0) is 4.79 Å². The predicted molar refractivity (Wildman–Crippen MR) is 109 cm³/mol. The van der Waals surface area contributed by atoms with E-state index in [2.05, 4.69) is 10.1 Å². The van der Waals surface area contributed by atoms with Crippen molar-refractivity contribution in [3.8, 4) is 23.0 Å². The number of carbonyl (C=O) groups is 1. The number of halogens is 1. The Kier molecular flexibility index (Phi) is 5.15. The van der Waals surface area contributed by atoms with Gasteiger partial charge >= 0.3 is 0 Å². The Hall–Kier alpha value is -3.06. The van der Waals surface area contributed by atoms with Crippen LogP contribution in [0, 0.1) is 6.92 Å². The molecule has 1 fully saturated rings. The molecular weight excluding hydrogens is 394 g/mol. The van der Waals surface area contributed by atoms with Crippen LogP contribution in [0.1, 0.15) is 23.7 Å². The third-order valence-corrected chi connectivity index (χ3v) is 5.40. The molecule has 0 aliphatic carbocycles. The first kappa shape index (κ1) is 19.3. The SMILES string of the molecule is COc1cc(OC)cc(-c2nc(C3CC(=O)N(c4ccc(C)c(Cl)c4)C3)no2)c1. The highest BCUT2D eigenvalue weighted by atomic mass is 35.5. The largest absolute Gasteiger partial charge is 0.497 e. The van der Waals surface area contributed by atoms with Gasteiger partial charge in [0.2, 0.25) is 5.91 Å². The van der Waals surface area contributed by atoms with E-state index in [1.807, 2.05) is 19.1 Å². The highest BCUT2D eigenvalue weighted by Gasteiger charge is 2.34. The average molecular weight is 414 g/mol. The van der Waals surface area contributed by atoms with Crippen molar-refractivity contribution in [2.24, 2.45) is 0 Å². The quantitative estimate of drug-likeness (QED) is 0.622. The standard InChI is InChI=1S/C21H20ClN3O4/c1-12-4-5-15(9-18(12)22)25-11-14(8-19(25)26)20-23-21(29-24-20)13-6-16(27-2)10-17(7-13)28-3/h4-7,9-10,14H,8,11H2,1-3H3. The molecule has 8 heteroatoms. The Balaban J connectivity index is 1.57. The van der Waals surface area contributed by atoms with Crippen molar-refractivity contribution in [2.45, 2.75) is 19.3 Å². The molecule has 1 saturated heterocycles. The Labute approximate surface area is 173 Å². The zero-order valence-electron chi connectivity index (χ0n) is 16.3. The van der Waals surface area contributed by atoms with Crippen molar-refractivity contribution in [1.82, 2.24) is 10.1 Å². The minimum absolute atomic E-state index is 0.00400. The lowest BCUT2D eigenvalue weighted by Gasteiger charge is -2.17. The fourth-order valence-corrected chi connectivity index (χ4v) is 3.50. The van der Waals surface area contributed by atoms with Crippen LogP contribution in [0.15, 0.2) is 40.9 Å². The average Bonchev–Trinajstić information content (AvgIpc) is 3.36. The summed E-state index contributed by atoms with van der Waals surface area (Å²) in [4.78, 5) is 18.8. The van der Waals surface area contributed by atoms with E-state index in [4.69, 9.17) is 25.6 Å². The van der Waals surface area contributed by atoms with Crippen molar-refractivity contribution in [2.75, 3.05) is 25.7 Å². The van der Waals surface area contributed by atoms with E-state index in [1.54, 1.807) is 43.4 Å². The summed E-state index contributed by atoms with van der Waals surface area (Å²) in [5.74, 6) is 1.93. The van der Waals surface area contributed by atoms with Crippen molar-refractivity contribution in [3.63, 3.8) is 0 Å². The molecule has 1 unspecified atom stereocenters. The molecule has 0 N–H and O–H groups in total. The maximum Gasteiger partial charge on any atom is 0.258 e. The summed E-state index contributed by atoms with van der Waals surface area (Å²) in [6, 6.07) is 11.0. The van der Waals surface area contributed by atoms with Gasteiger partial charge in [-0.25, -0.2) is 0 Å². The molecule has 4 rings (SSSR count). The van der Waals surface area contributed by atoms with E-state index >= 15 is 0 Å². The van der Waals surface area contributed by atoms with Crippen LogP contribution in [0.2, 0.25) is 5.02 Å². The van der Waals surface area contributed by atoms with E-state index in [-0.39, 0.29) is 11.8 Å². The molecule has 2 aromatic carbocycles. The molecule has 1 aliphatic heterocycles. The summed E-state index contributed by atoms with van der Waals surface area (Å²) < 4.78 is 16.0. The topological polar surface area (TPSA) is 77.7 Å². The van der Waals surface area contributed by atoms with Gasteiger partial charge in [0.1, 0.15) is 11.5 Å². The number of hydrogen-bond acceptors (Lipinski definition) is 6. The van der Waals surface area contributed by atoms with Crippen LogP contribution in [0.5, 0.6) is 11.5 Å². The number of benzene rings is 2. The molecule has 1 amide bonds. The maximum atomic E-state index is 12.6. The van der Waals surface area contributed by atoms with E-state index < -0.39 is 0 Å². The fourth-order valence-electron chi connectivity index (χ4n) is 3.33. The Morgan fingerprint density at radius 2 is 1.86 bits per heavy atom. The second-order valence-electron chi connectivity index (χ2n) is 6.90. The fraction of sp³-hybridized carbons (Fsp3) is 0.286. The number of hydrogen-bond donors (Lipinski definition) is 0. The normalized spacial score (nSPS) is 16.3. The molecular formula is C21H20ClN3O4. The van der Waals surface area contributed by atoms with Gasteiger partial charge in [0.15, 0.2) is 5.82 Å². The third kappa shape index (κ3) is 3.78. The number of anilines is 1. The molecule has 1 aliphatic rings. The number of ether oxygens (including phenoxy) is 2. The van der Waals surface area contributed by atoms with Crippen molar-refractivity contribution in [1.29, 1.82) is 0 Å². The summed E-state index contributed by atoms with van der Waals surface area (Å²) in [5.41, 5.74) is 2.43. The van der Waals surface area contributed by atoms with E-state index in [9.17, 15) is 4.79 Å². The Morgan fingerprint density at radius 3 is 2.52 bits per heavy atom. The lowest BCUT2D eigenvalue weighted by molar-refractivity contribution is -0.117. The van der Waals surface area contributed by atoms with Crippen molar-refractivity contribution < 1.29 is 18.8 Å². The van der Waals surface area contributed by atoms with E-state index in [0.29, 0.717) is 46.8 Å². The summed E-state index contributed by atoms with van der Waals surface area (Å²) >= 11 is 6.22. The van der Waals surface area contributed by atoms with Crippen LogP contribution >= 0.6 is 11.6 Å². The Morgan fingerprint density at radius 1 is 1.14 bits per heavy atom. The van der Waals surface area contributed by atoms with Gasteiger partial charge in [-0.1, -0.05) is 22.8 Å². The zero-order chi connectivity index (χ0) is 20.5.